The first-order chi connectivity index (χ1) is 9.10. The Morgan fingerprint density at radius 1 is 1.21 bits per heavy atom. The maximum Gasteiger partial charge on any atom is 0.182 e. The molecule has 6 heteroatoms. The quantitative estimate of drug-likeness (QED) is 0.866. The Hall–Kier alpha value is -2.55. The van der Waals surface area contributed by atoms with Gasteiger partial charge in [0.05, 0.1) is 5.69 Å². The molecule has 1 aromatic heterocycles. The fourth-order valence-corrected chi connectivity index (χ4v) is 1.53. The van der Waals surface area contributed by atoms with Crippen LogP contribution in [-0.2, 0) is 6.54 Å². The van der Waals surface area contributed by atoms with Crippen LogP contribution in [0.25, 0.3) is 0 Å². The average molecular weight is 263 g/mol. The van der Waals surface area contributed by atoms with Gasteiger partial charge in [0.25, 0.3) is 0 Å². The first-order valence-electron chi connectivity index (χ1n) is 5.33. The molecule has 0 saturated carbocycles. The maximum atomic E-state index is 13.4. The molecule has 2 aromatic rings. The number of rotatable bonds is 3. The summed E-state index contributed by atoms with van der Waals surface area (Å²) in [4.78, 5) is 3.78. The van der Waals surface area contributed by atoms with E-state index in [1.54, 1.807) is 6.07 Å². The van der Waals surface area contributed by atoms with Crippen LogP contribution in [0.5, 0.6) is 0 Å². The van der Waals surface area contributed by atoms with Crippen molar-refractivity contribution in [3.05, 3.63) is 59.2 Å². The van der Waals surface area contributed by atoms with Crippen molar-refractivity contribution in [1.29, 1.82) is 5.26 Å². The van der Waals surface area contributed by atoms with Crippen molar-refractivity contribution < 1.29 is 13.2 Å². The molecule has 0 fully saturated rings. The topological polar surface area (TPSA) is 48.7 Å². The number of anilines is 1. The zero-order valence-electron chi connectivity index (χ0n) is 9.62. The number of nitriles is 1. The van der Waals surface area contributed by atoms with Gasteiger partial charge in [0.2, 0.25) is 0 Å². The van der Waals surface area contributed by atoms with E-state index in [-0.39, 0.29) is 17.9 Å². The van der Waals surface area contributed by atoms with Crippen LogP contribution < -0.4 is 5.32 Å². The van der Waals surface area contributed by atoms with Gasteiger partial charge in [0, 0.05) is 24.9 Å². The molecule has 0 radical (unpaired) electrons. The Morgan fingerprint density at radius 2 is 2.00 bits per heavy atom. The van der Waals surface area contributed by atoms with E-state index in [0.29, 0.717) is 11.6 Å². The average Bonchev–Trinajstić information content (AvgIpc) is 2.41. The number of hydrogen-bond acceptors (Lipinski definition) is 3. The minimum atomic E-state index is -1.25. The molecular formula is C13H8F3N3. The number of halogens is 3. The third-order valence-electron chi connectivity index (χ3n) is 2.41. The van der Waals surface area contributed by atoms with Gasteiger partial charge in [-0.15, -0.1) is 0 Å². The van der Waals surface area contributed by atoms with E-state index in [9.17, 15) is 13.2 Å². The van der Waals surface area contributed by atoms with Gasteiger partial charge in [-0.3, -0.25) is 0 Å². The Balaban J connectivity index is 2.17. The van der Waals surface area contributed by atoms with Gasteiger partial charge in [0.1, 0.15) is 17.6 Å². The molecule has 1 N–H and O–H groups in total. The highest BCUT2D eigenvalue weighted by atomic mass is 19.2. The zero-order chi connectivity index (χ0) is 13.8. The van der Waals surface area contributed by atoms with E-state index in [1.807, 2.05) is 6.07 Å². The van der Waals surface area contributed by atoms with Gasteiger partial charge >= 0.3 is 0 Å². The molecule has 0 saturated heterocycles. The highest BCUT2D eigenvalue weighted by molar-refractivity contribution is 5.46. The lowest BCUT2D eigenvalue weighted by Crippen LogP contribution is -2.04. The number of nitrogens with zero attached hydrogens (tertiary/aromatic N) is 2. The van der Waals surface area contributed by atoms with E-state index in [0.717, 1.165) is 6.07 Å². The number of pyridine rings is 1. The van der Waals surface area contributed by atoms with Crippen LogP contribution in [0.4, 0.5) is 18.9 Å². The molecule has 0 aliphatic rings. The van der Waals surface area contributed by atoms with Gasteiger partial charge in [-0.05, 0) is 17.7 Å². The van der Waals surface area contributed by atoms with Crippen LogP contribution in [0.1, 0.15) is 11.3 Å². The molecule has 0 bridgehead atoms. The lowest BCUT2D eigenvalue weighted by molar-refractivity contribution is 0.497. The lowest BCUT2D eigenvalue weighted by Gasteiger charge is -2.08. The van der Waals surface area contributed by atoms with Crippen molar-refractivity contribution in [3.8, 4) is 6.07 Å². The van der Waals surface area contributed by atoms with Crippen LogP contribution in [0.15, 0.2) is 30.5 Å². The summed E-state index contributed by atoms with van der Waals surface area (Å²) in [5.41, 5.74) is 0.591. The SMILES string of the molecule is N#Cc1cc(CNc2cc(F)cc(F)c2F)ccn1. The smallest absolute Gasteiger partial charge is 0.182 e. The lowest BCUT2D eigenvalue weighted by atomic mass is 10.2. The van der Waals surface area contributed by atoms with Gasteiger partial charge in [0.15, 0.2) is 11.6 Å². The largest absolute Gasteiger partial charge is 0.378 e. The highest BCUT2D eigenvalue weighted by Gasteiger charge is 2.10. The monoisotopic (exact) mass is 263 g/mol. The summed E-state index contributed by atoms with van der Waals surface area (Å²) >= 11 is 0. The van der Waals surface area contributed by atoms with E-state index >= 15 is 0 Å². The summed E-state index contributed by atoms with van der Waals surface area (Å²) in [5, 5.41) is 11.2. The minimum Gasteiger partial charge on any atom is -0.378 e. The molecule has 3 nitrogen and oxygen atoms in total. The number of nitrogens with one attached hydrogen (secondary N) is 1. The summed E-state index contributed by atoms with van der Waals surface area (Å²) < 4.78 is 39.3. The standard InChI is InChI=1S/C13H8F3N3/c14-9-4-11(15)13(16)12(5-9)19-7-8-1-2-18-10(3-8)6-17/h1-5,19H,7H2. The normalized spacial score (nSPS) is 10.0. The maximum absolute atomic E-state index is 13.4. The molecule has 0 unspecified atom stereocenters. The second kappa shape index (κ2) is 5.40. The summed E-state index contributed by atoms with van der Waals surface area (Å²) in [5.74, 6) is -3.26. The van der Waals surface area contributed by atoms with Crippen LogP contribution in [0.3, 0.4) is 0 Å². The predicted octanol–water partition coefficient (Wildman–Crippen LogP) is 2.98. The van der Waals surface area contributed by atoms with Crippen molar-refractivity contribution in [2.45, 2.75) is 6.54 Å². The van der Waals surface area contributed by atoms with Crippen molar-refractivity contribution >= 4 is 5.69 Å². The van der Waals surface area contributed by atoms with E-state index in [2.05, 4.69) is 10.3 Å². The molecule has 19 heavy (non-hydrogen) atoms. The number of aromatic nitrogens is 1. The van der Waals surface area contributed by atoms with Crippen LogP contribution in [-0.4, -0.2) is 4.98 Å². The van der Waals surface area contributed by atoms with Crippen molar-refractivity contribution in [2.75, 3.05) is 5.32 Å². The van der Waals surface area contributed by atoms with Gasteiger partial charge in [-0.2, -0.15) is 5.26 Å². The summed E-state index contributed by atoms with van der Waals surface area (Å²) in [6, 6.07) is 6.31. The summed E-state index contributed by atoms with van der Waals surface area (Å²) in [7, 11) is 0. The number of hydrogen-bond donors (Lipinski definition) is 1. The number of benzene rings is 1. The molecule has 1 heterocycles. The van der Waals surface area contributed by atoms with Crippen molar-refractivity contribution in [1.82, 2.24) is 4.98 Å². The Morgan fingerprint density at radius 3 is 2.74 bits per heavy atom. The zero-order valence-corrected chi connectivity index (χ0v) is 9.62. The van der Waals surface area contributed by atoms with Crippen LogP contribution in [0, 0.1) is 28.8 Å². The summed E-state index contributed by atoms with van der Waals surface area (Å²) in [6.45, 7) is 0.122. The van der Waals surface area contributed by atoms with Crippen molar-refractivity contribution in [2.24, 2.45) is 0 Å². The second-order valence-corrected chi connectivity index (χ2v) is 3.76. The first-order valence-corrected chi connectivity index (χ1v) is 5.33. The van der Waals surface area contributed by atoms with Crippen molar-refractivity contribution in [3.63, 3.8) is 0 Å². The first kappa shape index (κ1) is 12.9. The molecule has 0 amide bonds. The third-order valence-corrected chi connectivity index (χ3v) is 2.41. The molecule has 96 valence electrons. The van der Waals surface area contributed by atoms with Gasteiger partial charge < -0.3 is 5.32 Å². The highest BCUT2D eigenvalue weighted by Crippen LogP contribution is 2.19. The third kappa shape index (κ3) is 3.01. The second-order valence-electron chi connectivity index (χ2n) is 3.76. The molecular weight excluding hydrogens is 255 g/mol. The Kier molecular flexibility index (Phi) is 3.66. The van der Waals surface area contributed by atoms with Gasteiger partial charge in [-0.1, -0.05) is 0 Å². The molecule has 0 aliphatic heterocycles. The van der Waals surface area contributed by atoms with Gasteiger partial charge in [-0.25, -0.2) is 18.2 Å². The fourth-order valence-electron chi connectivity index (χ4n) is 1.53. The van der Waals surface area contributed by atoms with E-state index in [4.69, 9.17) is 5.26 Å². The summed E-state index contributed by atoms with van der Waals surface area (Å²) in [6.07, 6.45) is 1.43. The van der Waals surface area contributed by atoms with Crippen LogP contribution >= 0.6 is 0 Å². The molecule has 1 aromatic carbocycles. The molecule has 0 spiro atoms. The fraction of sp³-hybridized carbons (Fsp3) is 0.0769. The Bertz CT molecular complexity index is 650. The van der Waals surface area contributed by atoms with Crippen LogP contribution in [0.2, 0.25) is 0 Å². The van der Waals surface area contributed by atoms with E-state index < -0.39 is 17.5 Å². The molecule has 0 aliphatic carbocycles. The molecule has 2 rings (SSSR count). The Labute approximate surface area is 107 Å². The molecule has 0 atom stereocenters. The van der Waals surface area contributed by atoms with E-state index in [1.165, 1.54) is 12.3 Å². The minimum absolute atomic E-state index is 0.122. The predicted molar refractivity (Wildman–Crippen MR) is 62.6 cm³/mol.